The van der Waals surface area contributed by atoms with Gasteiger partial charge in [-0.1, -0.05) is 6.92 Å². The molecule has 0 radical (unpaired) electrons. The average Bonchev–Trinajstić information content (AvgIpc) is 2.13. The van der Waals surface area contributed by atoms with Gasteiger partial charge in [-0.25, -0.2) is 0 Å². The molecule has 0 rings (SSSR count). The van der Waals surface area contributed by atoms with Crippen LogP contribution < -0.4 is 10.6 Å². The Kier molecular flexibility index (Phi) is 7.06. The van der Waals surface area contributed by atoms with Gasteiger partial charge in [0.1, 0.15) is 13.2 Å². The van der Waals surface area contributed by atoms with Crippen LogP contribution in [0.4, 0.5) is 13.2 Å². The van der Waals surface area contributed by atoms with Crippen molar-refractivity contribution in [2.45, 2.75) is 13.1 Å². The van der Waals surface area contributed by atoms with Crippen molar-refractivity contribution in [3.8, 4) is 0 Å². The molecule has 0 aliphatic heterocycles. The summed E-state index contributed by atoms with van der Waals surface area (Å²) in [4.78, 5) is 10.8. The molecular weight excluding hydrogens is 213 g/mol. The van der Waals surface area contributed by atoms with Crippen molar-refractivity contribution in [3.05, 3.63) is 0 Å². The molecule has 15 heavy (non-hydrogen) atoms. The third-order valence-electron chi connectivity index (χ3n) is 1.39. The Labute approximate surface area is 86.2 Å². The second kappa shape index (κ2) is 7.47. The van der Waals surface area contributed by atoms with E-state index >= 15 is 0 Å². The standard InChI is InChI=1S/C8H15F3N2O2/c1-2-12-3-4-15-5-7(14)13-6-8(9,10)11/h12H,2-6H2,1H3,(H,13,14). The molecule has 0 aromatic heterocycles. The van der Waals surface area contributed by atoms with Crippen molar-refractivity contribution in [3.63, 3.8) is 0 Å². The SMILES string of the molecule is CCNCCOCC(=O)NCC(F)(F)F. The average molecular weight is 228 g/mol. The first-order valence-electron chi connectivity index (χ1n) is 4.57. The lowest BCUT2D eigenvalue weighted by atomic mass is 10.5. The Balaban J connectivity index is 3.34. The summed E-state index contributed by atoms with van der Waals surface area (Å²) >= 11 is 0. The van der Waals surface area contributed by atoms with Crippen LogP contribution in [-0.2, 0) is 9.53 Å². The number of likely N-dealkylation sites (N-methyl/N-ethyl adjacent to an activating group) is 1. The highest BCUT2D eigenvalue weighted by Crippen LogP contribution is 2.11. The van der Waals surface area contributed by atoms with E-state index in [0.29, 0.717) is 13.2 Å². The maximum atomic E-state index is 11.6. The van der Waals surface area contributed by atoms with Gasteiger partial charge < -0.3 is 15.4 Å². The zero-order valence-electron chi connectivity index (χ0n) is 8.49. The molecule has 90 valence electrons. The van der Waals surface area contributed by atoms with Crippen LogP contribution in [0.25, 0.3) is 0 Å². The van der Waals surface area contributed by atoms with Crippen LogP contribution in [0.1, 0.15) is 6.92 Å². The summed E-state index contributed by atoms with van der Waals surface area (Å²) in [6, 6.07) is 0. The van der Waals surface area contributed by atoms with Gasteiger partial charge in [-0.05, 0) is 6.54 Å². The number of halogens is 3. The largest absolute Gasteiger partial charge is 0.405 e. The highest BCUT2D eigenvalue weighted by Gasteiger charge is 2.27. The van der Waals surface area contributed by atoms with Gasteiger partial charge in [-0.3, -0.25) is 4.79 Å². The van der Waals surface area contributed by atoms with E-state index in [1.165, 1.54) is 0 Å². The summed E-state index contributed by atoms with van der Waals surface area (Å²) in [6.07, 6.45) is -4.38. The van der Waals surface area contributed by atoms with Crippen molar-refractivity contribution in [2.24, 2.45) is 0 Å². The van der Waals surface area contributed by atoms with Gasteiger partial charge in [0.05, 0.1) is 6.61 Å². The zero-order chi connectivity index (χ0) is 11.7. The molecule has 1 amide bonds. The molecule has 0 fully saturated rings. The fourth-order valence-electron chi connectivity index (χ4n) is 0.736. The highest BCUT2D eigenvalue weighted by atomic mass is 19.4. The van der Waals surface area contributed by atoms with Gasteiger partial charge in [-0.2, -0.15) is 13.2 Å². The fraction of sp³-hybridized carbons (Fsp3) is 0.875. The smallest absolute Gasteiger partial charge is 0.370 e. The van der Waals surface area contributed by atoms with Crippen molar-refractivity contribution in [1.82, 2.24) is 10.6 Å². The quantitative estimate of drug-likeness (QED) is 0.616. The van der Waals surface area contributed by atoms with Gasteiger partial charge in [0.15, 0.2) is 0 Å². The number of carbonyl (C=O) groups excluding carboxylic acids is 1. The minimum absolute atomic E-state index is 0.299. The normalized spacial score (nSPS) is 11.5. The van der Waals surface area contributed by atoms with Crippen LogP contribution in [0.5, 0.6) is 0 Å². The lowest BCUT2D eigenvalue weighted by Crippen LogP contribution is -2.36. The molecule has 0 bridgehead atoms. The molecule has 0 aromatic rings. The van der Waals surface area contributed by atoms with Crippen LogP contribution in [0.2, 0.25) is 0 Å². The first-order chi connectivity index (χ1) is 6.95. The maximum Gasteiger partial charge on any atom is 0.405 e. The molecule has 0 heterocycles. The van der Waals surface area contributed by atoms with Gasteiger partial charge in [0, 0.05) is 6.54 Å². The first-order valence-corrected chi connectivity index (χ1v) is 4.57. The Hall–Kier alpha value is -0.820. The summed E-state index contributed by atoms with van der Waals surface area (Å²) in [5.74, 6) is -0.760. The molecule has 4 nitrogen and oxygen atoms in total. The Morgan fingerprint density at radius 2 is 2.07 bits per heavy atom. The molecule has 0 unspecified atom stereocenters. The van der Waals surface area contributed by atoms with Crippen LogP contribution in [0.15, 0.2) is 0 Å². The van der Waals surface area contributed by atoms with Gasteiger partial charge >= 0.3 is 6.18 Å². The van der Waals surface area contributed by atoms with Crippen LogP contribution in [0.3, 0.4) is 0 Å². The summed E-state index contributed by atoms with van der Waals surface area (Å²) in [5, 5.41) is 4.65. The van der Waals surface area contributed by atoms with E-state index in [4.69, 9.17) is 4.74 Å². The lowest BCUT2D eigenvalue weighted by molar-refractivity contribution is -0.141. The lowest BCUT2D eigenvalue weighted by Gasteiger charge is -2.08. The summed E-state index contributed by atoms with van der Waals surface area (Å²) < 4.78 is 39.7. The van der Waals surface area contributed by atoms with Crippen molar-refractivity contribution >= 4 is 5.91 Å². The number of amides is 1. The van der Waals surface area contributed by atoms with Crippen LogP contribution in [0, 0.1) is 0 Å². The minimum Gasteiger partial charge on any atom is -0.370 e. The molecule has 0 spiro atoms. The van der Waals surface area contributed by atoms with Gasteiger partial charge in [-0.15, -0.1) is 0 Å². The second-order valence-corrected chi connectivity index (χ2v) is 2.80. The van der Waals surface area contributed by atoms with Crippen molar-refractivity contribution < 1.29 is 22.7 Å². The highest BCUT2D eigenvalue weighted by molar-refractivity contribution is 5.77. The summed E-state index contributed by atoms with van der Waals surface area (Å²) in [5.41, 5.74) is 0. The van der Waals surface area contributed by atoms with E-state index in [9.17, 15) is 18.0 Å². The van der Waals surface area contributed by atoms with E-state index in [1.807, 2.05) is 6.92 Å². The molecule has 0 atom stereocenters. The maximum absolute atomic E-state index is 11.6. The second-order valence-electron chi connectivity index (χ2n) is 2.80. The Morgan fingerprint density at radius 1 is 1.40 bits per heavy atom. The number of ether oxygens (including phenoxy) is 1. The van der Waals surface area contributed by atoms with E-state index in [0.717, 1.165) is 6.54 Å². The van der Waals surface area contributed by atoms with Crippen molar-refractivity contribution in [1.29, 1.82) is 0 Å². The molecule has 2 N–H and O–H groups in total. The number of rotatable bonds is 7. The van der Waals surface area contributed by atoms with Crippen LogP contribution in [-0.4, -0.2) is 44.9 Å². The molecule has 7 heteroatoms. The Morgan fingerprint density at radius 3 is 2.60 bits per heavy atom. The molecule has 0 aliphatic carbocycles. The third-order valence-corrected chi connectivity index (χ3v) is 1.39. The monoisotopic (exact) mass is 228 g/mol. The zero-order valence-corrected chi connectivity index (χ0v) is 8.49. The fourth-order valence-corrected chi connectivity index (χ4v) is 0.736. The molecule has 0 aliphatic rings. The summed E-state index contributed by atoms with van der Waals surface area (Å²) in [6.45, 7) is 1.90. The first kappa shape index (κ1) is 14.2. The van der Waals surface area contributed by atoms with E-state index in [2.05, 4.69) is 5.32 Å². The van der Waals surface area contributed by atoms with Crippen molar-refractivity contribution in [2.75, 3.05) is 32.8 Å². The molecule has 0 saturated heterocycles. The van der Waals surface area contributed by atoms with Gasteiger partial charge in [0.2, 0.25) is 5.91 Å². The Bertz CT molecular complexity index is 185. The number of alkyl halides is 3. The van der Waals surface area contributed by atoms with E-state index in [1.54, 1.807) is 5.32 Å². The van der Waals surface area contributed by atoms with Gasteiger partial charge in [0.25, 0.3) is 0 Å². The molecule has 0 aromatic carbocycles. The number of hydrogen-bond acceptors (Lipinski definition) is 3. The molecule has 0 saturated carbocycles. The predicted octanol–water partition coefficient (Wildman–Crippen LogP) is 0.291. The summed E-state index contributed by atoms with van der Waals surface area (Å²) in [7, 11) is 0. The van der Waals surface area contributed by atoms with E-state index in [-0.39, 0.29) is 6.61 Å². The topological polar surface area (TPSA) is 50.4 Å². The number of nitrogens with one attached hydrogen (secondary N) is 2. The molecular formula is C8H15F3N2O2. The predicted molar refractivity (Wildman–Crippen MR) is 48.4 cm³/mol. The third kappa shape index (κ3) is 11.1. The minimum atomic E-state index is -4.38. The number of hydrogen-bond donors (Lipinski definition) is 2. The van der Waals surface area contributed by atoms with E-state index < -0.39 is 18.6 Å². The van der Waals surface area contributed by atoms with Crippen LogP contribution >= 0.6 is 0 Å². The number of carbonyl (C=O) groups is 1.